The minimum absolute atomic E-state index is 0.0931. The zero-order valence-electron chi connectivity index (χ0n) is 16.9. The summed E-state index contributed by atoms with van der Waals surface area (Å²) in [6, 6.07) is 17.6. The first-order chi connectivity index (χ1) is 15.2. The van der Waals surface area contributed by atoms with Crippen LogP contribution in [0.25, 0.3) is 11.4 Å². The molecule has 0 radical (unpaired) electrons. The smallest absolute Gasteiger partial charge is 0.274 e. The number of hydrogen-bond acceptors (Lipinski definition) is 6. The second-order valence-electron chi connectivity index (χ2n) is 7.62. The fraction of sp³-hybridized carbons (Fsp3) is 0.261. The summed E-state index contributed by atoms with van der Waals surface area (Å²) in [4.78, 5) is 31.5. The van der Waals surface area contributed by atoms with E-state index in [2.05, 4.69) is 21.3 Å². The summed E-state index contributed by atoms with van der Waals surface area (Å²) < 4.78 is 5.38. The first-order valence-electron chi connectivity index (χ1n) is 10.3. The monoisotopic (exact) mass is 415 g/mol. The van der Waals surface area contributed by atoms with E-state index in [1.165, 1.54) is 10.6 Å². The highest BCUT2D eigenvalue weighted by Gasteiger charge is 2.29. The number of nitrogens with zero attached hydrogens (tertiary/aromatic N) is 5. The topological polar surface area (TPSA) is 91.9 Å². The number of amides is 2. The minimum atomic E-state index is -0.183. The second-order valence-corrected chi connectivity index (χ2v) is 7.62. The van der Waals surface area contributed by atoms with Crippen LogP contribution in [0.15, 0.2) is 64.2 Å². The third kappa shape index (κ3) is 3.96. The maximum absolute atomic E-state index is 12.9. The lowest BCUT2D eigenvalue weighted by Gasteiger charge is -2.31. The Bertz CT molecular complexity index is 1150. The third-order valence-electron chi connectivity index (χ3n) is 5.58. The summed E-state index contributed by atoms with van der Waals surface area (Å²) in [6.07, 6.45) is 1.46. The molecule has 0 fully saturated rings. The van der Waals surface area contributed by atoms with Gasteiger partial charge in [-0.1, -0.05) is 59.8 Å². The number of carbonyl (C=O) groups excluding carboxylic acids is 2. The fourth-order valence-electron chi connectivity index (χ4n) is 3.86. The molecule has 0 atom stereocenters. The molecule has 0 aliphatic carbocycles. The van der Waals surface area contributed by atoms with Gasteiger partial charge in [-0.05, 0) is 17.5 Å². The van der Waals surface area contributed by atoms with E-state index in [-0.39, 0.29) is 30.7 Å². The van der Waals surface area contributed by atoms with Crippen LogP contribution in [-0.4, -0.2) is 50.7 Å². The number of rotatable bonds is 4. The zero-order chi connectivity index (χ0) is 21.2. The summed E-state index contributed by atoms with van der Waals surface area (Å²) in [5.74, 6) is 0.432. The maximum Gasteiger partial charge on any atom is 0.274 e. The molecule has 0 bridgehead atoms. The van der Waals surface area contributed by atoms with Crippen LogP contribution in [0.3, 0.4) is 0 Å². The van der Waals surface area contributed by atoms with Gasteiger partial charge in [-0.15, -0.1) is 0 Å². The molecule has 2 amide bonds. The SMILES string of the molecule is O=C(CN1N=C(c2nc(-c3ccccc3)no2)CCC1=O)N1CCc2ccccc2C1. The molecule has 0 spiro atoms. The molecule has 0 saturated heterocycles. The quantitative estimate of drug-likeness (QED) is 0.653. The first kappa shape index (κ1) is 19.2. The summed E-state index contributed by atoms with van der Waals surface area (Å²) >= 11 is 0. The maximum atomic E-state index is 12.9. The van der Waals surface area contributed by atoms with Crippen LogP contribution in [0, 0.1) is 0 Å². The van der Waals surface area contributed by atoms with Crippen LogP contribution in [0.1, 0.15) is 29.9 Å². The lowest BCUT2D eigenvalue weighted by molar-refractivity contribution is -0.141. The standard InChI is InChI=1S/C23H21N5O3/c29-20-11-10-19(23-24-22(26-31-23)17-7-2-1-3-8-17)25-28(20)15-21(30)27-13-12-16-6-4-5-9-18(16)14-27/h1-9H,10-15H2. The lowest BCUT2D eigenvalue weighted by Crippen LogP contribution is -2.44. The van der Waals surface area contributed by atoms with E-state index in [1.54, 1.807) is 4.90 Å². The molecule has 0 saturated carbocycles. The highest BCUT2D eigenvalue weighted by Crippen LogP contribution is 2.21. The molecule has 3 heterocycles. The summed E-state index contributed by atoms with van der Waals surface area (Å²) in [5, 5.41) is 9.62. The Kier molecular flexibility index (Phi) is 5.03. The van der Waals surface area contributed by atoms with E-state index >= 15 is 0 Å². The average molecular weight is 415 g/mol. The van der Waals surface area contributed by atoms with Gasteiger partial charge in [0.05, 0.1) is 0 Å². The van der Waals surface area contributed by atoms with Crippen LogP contribution >= 0.6 is 0 Å². The minimum Gasteiger partial charge on any atom is -0.336 e. The molecule has 31 heavy (non-hydrogen) atoms. The van der Waals surface area contributed by atoms with E-state index < -0.39 is 0 Å². The number of carbonyl (C=O) groups is 2. The second kappa shape index (κ2) is 8.14. The Morgan fingerprint density at radius 3 is 2.58 bits per heavy atom. The van der Waals surface area contributed by atoms with E-state index in [9.17, 15) is 9.59 Å². The van der Waals surface area contributed by atoms with Crippen molar-refractivity contribution in [2.24, 2.45) is 5.10 Å². The van der Waals surface area contributed by atoms with Crippen molar-refractivity contribution in [1.29, 1.82) is 0 Å². The van der Waals surface area contributed by atoms with Gasteiger partial charge < -0.3 is 9.42 Å². The van der Waals surface area contributed by atoms with E-state index in [0.717, 1.165) is 17.5 Å². The van der Waals surface area contributed by atoms with E-state index in [4.69, 9.17) is 4.52 Å². The van der Waals surface area contributed by atoms with Gasteiger partial charge >= 0.3 is 0 Å². The largest absolute Gasteiger partial charge is 0.336 e. The van der Waals surface area contributed by atoms with E-state index in [1.807, 2.05) is 48.5 Å². The van der Waals surface area contributed by atoms with Gasteiger partial charge in [-0.2, -0.15) is 10.1 Å². The Hall–Kier alpha value is -3.81. The average Bonchev–Trinajstić information content (AvgIpc) is 3.31. The van der Waals surface area contributed by atoms with Crippen LogP contribution in [0.5, 0.6) is 0 Å². The summed E-state index contributed by atoms with van der Waals surface area (Å²) in [6.45, 7) is 1.10. The predicted molar refractivity (Wildman–Crippen MR) is 113 cm³/mol. The van der Waals surface area contributed by atoms with Crippen LogP contribution in [0.4, 0.5) is 0 Å². The molecule has 2 aromatic carbocycles. The van der Waals surface area contributed by atoms with Crippen molar-refractivity contribution in [3.8, 4) is 11.4 Å². The van der Waals surface area contributed by atoms with Crippen LogP contribution in [-0.2, 0) is 22.6 Å². The zero-order valence-corrected chi connectivity index (χ0v) is 16.9. The van der Waals surface area contributed by atoms with Crippen molar-refractivity contribution in [2.75, 3.05) is 13.1 Å². The highest BCUT2D eigenvalue weighted by molar-refractivity contribution is 6.01. The van der Waals surface area contributed by atoms with Crippen molar-refractivity contribution in [3.63, 3.8) is 0 Å². The number of hydrogen-bond donors (Lipinski definition) is 0. The Morgan fingerprint density at radius 2 is 1.74 bits per heavy atom. The Labute approximate surface area is 179 Å². The van der Waals surface area contributed by atoms with E-state index in [0.29, 0.717) is 31.0 Å². The van der Waals surface area contributed by atoms with Crippen molar-refractivity contribution in [1.82, 2.24) is 20.0 Å². The number of hydrazone groups is 1. The van der Waals surface area contributed by atoms with Gasteiger partial charge in [0.1, 0.15) is 12.3 Å². The molecule has 2 aliphatic rings. The Balaban J connectivity index is 1.31. The predicted octanol–water partition coefficient (Wildman–Crippen LogP) is 2.65. The molecule has 1 aromatic heterocycles. The van der Waals surface area contributed by atoms with Gasteiger partial charge in [-0.3, -0.25) is 9.59 Å². The molecule has 0 unspecified atom stereocenters. The number of aromatic nitrogens is 2. The highest BCUT2D eigenvalue weighted by atomic mass is 16.5. The van der Waals surface area contributed by atoms with Crippen molar-refractivity contribution in [2.45, 2.75) is 25.8 Å². The van der Waals surface area contributed by atoms with Crippen LogP contribution in [0.2, 0.25) is 0 Å². The summed E-state index contributed by atoms with van der Waals surface area (Å²) in [7, 11) is 0. The van der Waals surface area contributed by atoms with Gasteiger partial charge in [0.15, 0.2) is 0 Å². The van der Waals surface area contributed by atoms with Crippen molar-refractivity contribution < 1.29 is 14.1 Å². The molecule has 2 aliphatic heterocycles. The Morgan fingerprint density at radius 1 is 0.968 bits per heavy atom. The van der Waals surface area contributed by atoms with Crippen LogP contribution < -0.4 is 0 Å². The lowest BCUT2D eigenvalue weighted by atomic mass is 10.00. The molecule has 156 valence electrons. The molecule has 8 nitrogen and oxygen atoms in total. The molecule has 3 aromatic rings. The number of fused-ring (bicyclic) bond motifs is 1. The van der Waals surface area contributed by atoms with Gasteiger partial charge in [0.25, 0.3) is 5.89 Å². The first-order valence-corrected chi connectivity index (χ1v) is 10.3. The fourth-order valence-corrected chi connectivity index (χ4v) is 3.86. The molecule has 5 rings (SSSR count). The number of benzene rings is 2. The van der Waals surface area contributed by atoms with Gasteiger partial charge in [0, 0.05) is 31.5 Å². The molecule has 8 heteroatoms. The summed E-state index contributed by atoms with van der Waals surface area (Å²) in [5.41, 5.74) is 3.77. The molecule has 0 N–H and O–H groups in total. The van der Waals surface area contributed by atoms with Gasteiger partial charge in [0.2, 0.25) is 17.6 Å². The normalized spacial score (nSPS) is 16.1. The van der Waals surface area contributed by atoms with Gasteiger partial charge in [-0.25, -0.2) is 5.01 Å². The molecular formula is C23H21N5O3. The molecular weight excluding hydrogens is 394 g/mol. The van der Waals surface area contributed by atoms with Crippen molar-refractivity contribution >= 4 is 17.5 Å². The van der Waals surface area contributed by atoms with Crippen molar-refractivity contribution in [3.05, 3.63) is 71.6 Å². The third-order valence-corrected chi connectivity index (χ3v) is 5.58.